The zero-order chi connectivity index (χ0) is 18.1. The molecular weight excluding hydrogens is 344 g/mol. The van der Waals surface area contributed by atoms with Crippen molar-refractivity contribution in [3.8, 4) is 0 Å². The summed E-state index contributed by atoms with van der Waals surface area (Å²) in [6.07, 6.45) is -0.321. The number of hydrogen-bond acceptors (Lipinski definition) is 4. The Balaban J connectivity index is 2.27. The number of ether oxygens (including phenoxy) is 1. The molecule has 7 heteroatoms. The Labute approximate surface area is 149 Å². The third kappa shape index (κ3) is 2.96. The average Bonchev–Trinajstić information content (AvgIpc) is 2.69. The number of fused-ring (bicyclic) bond motifs is 1. The third-order valence-electron chi connectivity index (χ3n) is 4.02. The van der Waals surface area contributed by atoms with Crippen molar-refractivity contribution >= 4 is 46.4 Å². The van der Waals surface area contributed by atoms with Crippen LogP contribution in [0.3, 0.4) is 0 Å². The number of benzene rings is 2. The number of carbonyl (C=O) groups excluding carboxylic acids is 3. The number of amides is 2. The average molecular weight is 359 g/mol. The van der Waals surface area contributed by atoms with Gasteiger partial charge in [-0.2, -0.15) is 0 Å². The van der Waals surface area contributed by atoms with Crippen LogP contribution in [-0.2, 0) is 14.3 Å². The van der Waals surface area contributed by atoms with E-state index < -0.39 is 11.9 Å². The van der Waals surface area contributed by atoms with Crippen molar-refractivity contribution in [3.63, 3.8) is 0 Å². The molecule has 0 saturated heterocycles. The molecule has 0 unspecified atom stereocenters. The highest BCUT2D eigenvalue weighted by molar-refractivity contribution is 6.31. The first kappa shape index (κ1) is 17.0. The third-order valence-corrected chi connectivity index (χ3v) is 4.25. The fourth-order valence-electron chi connectivity index (χ4n) is 2.77. The van der Waals surface area contributed by atoms with Crippen molar-refractivity contribution in [3.05, 3.63) is 53.1 Å². The van der Waals surface area contributed by atoms with Crippen molar-refractivity contribution in [2.24, 2.45) is 0 Å². The summed E-state index contributed by atoms with van der Waals surface area (Å²) < 4.78 is 4.81. The maximum atomic E-state index is 12.8. The number of carbonyl (C=O) groups is 3. The normalized spacial score (nSPS) is 14.2. The van der Waals surface area contributed by atoms with Gasteiger partial charge in [0.05, 0.1) is 29.7 Å². The Morgan fingerprint density at radius 3 is 2.48 bits per heavy atom. The molecule has 0 atom stereocenters. The van der Waals surface area contributed by atoms with Gasteiger partial charge in [-0.25, -0.2) is 4.79 Å². The number of para-hydroxylation sites is 1. The van der Waals surface area contributed by atoms with Gasteiger partial charge in [0.25, 0.3) is 0 Å². The predicted octanol–water partition coefficient (Wildman–Crippen LogP) is 3.16. The van der Waals surface area contributed by atoms with E-state index >= 15 is 0 Å². The van der Waals surface area contributed by atoms with Gasteiger partial charge in [-0.05, 0) is 30.3 Å². The van der Waals surface area contributed by atoms with E-state index in [2.05, 4.69) is 0 Å². The monoisotopic (exact) mass is 358 g/mol. The SMILES string of the molecule is COC(=O)c1ccccc1N1C(=O)CC(=O)N(C)c2ccc(Cl)cc21. The number of hydrogen-bond donors (Lipinski definition) is 0. The van der Waals surface area contributed by atoms with Gasteiger partial charge in [0.1, 0.15) is 6.42 Å². The van der Waals surface area contributed by atoms with E-state index in [1.807, 2.05) is 0 Å². The van der Waals surface area contributed by atoms with Crippen molar-refractivity contribution < 1.29 is 19.1 Å². The molecule has 0 radical (unpaired) electrons. The van der Waals surface area contributed by atoms with Crippen LogP contribution in [-0.4, -0.2) is 31.9 Å². The molecular formula is C18H15ClN2O4. The highest BCUT2D eigenvalue weighted by atomic mass is 35.5. The molecule has 0 spiro atoms. The number of esters is 1. The Morgan fingerprint density at radius 1 is 1.04 bits per heavy atom. The second-order valence-electron chi connectivity index (χ2n) is 5.50. The molecule has 0 aromatic heterocycles. The standard InChI is InChI=1S/C18H15ClN2O4/c1-20-14-8-7-11(19)9-15(14)21(17(23)10-16(20)22)13-6-4-3-5-12(13)18(24)25-2/h3-9H,10H2,1-2H3. The summed E-state index contributed by atoms with van der Waals surface area (Å²) in [6.45, 7) is 0. The van der Waals surface area contributed by atoms with Gasteiger partial charge in [-0.15, -0.1) is 0 Å². The lowest BCUT2D eigenvalue weighted by Crippen LogP contribution is -2.29. The van der Waals surface area contributed by atoms with Crippen molar-refractivity contribution in [1.82, 2.24) is 0 Å². The minimum atomic E-state index is -0.573. The minimum absolute atomic E-state index is 0.223. The number of halogens is 1. The first-order valence-electron chi connectivity index (χ1n) is 7.50. The fraction of sp³-hybridized carbons (Fsp3) is 0.167. The predicted molar refractivity (Wildman–Crippen MR) is 94.4 cm³/mol. The van der Waals surface area contributed by atoms with Crippen molar-refractivity contribution in [2.45, 2.75) is 6.42 Å². The second-order valence-corrected chi connectivity index (χ2v) is 5.94. The van der Waals surface area contributed by atoms with Crippen molar-refractivity contribution in [1.29, 1.82) is 0 Å². The van der Waals surface area contributed by atoms with E-state index in [1.165, 1.54) is 16.9 Å². The van der Waals surface area contributed by atoms with Gasteiger partial charge in [-0.1, -0.05) is 23.7 Å². The zero-order valence-electron chi connectivity index (χ0n) is 13.7. The van der Waals surface area contributed by atoms with Crippen LogP contribution in [0.5, 0.6) is 0 Å². The van der Waals surface area contributed by atoms with E-state index in [-0.39, 0.29) is 17.9 Å². The molecule has 0 bridgehead atoms. The lowest BCUT2D eigenvalue weighted by Gasteiger charge is -2.25. The van der Waals surface area contributed by atoms with Crippen LogP contribution in [0.25, 0.3) is 0 Å². The van der Waals surface area contributed by atoms with Crippen molar-refractivity contribution in [2.75, 3.05) is 24.0 Å². The Hall–Kier alpha value is -2.86. The summed E-state index contributed by atoms with van der Waals surface area (Å²) >= 11 is 6.11. The Kier molecular flexibility index (Phi) is 4.46. The number of anilines is 3. The molecule has 128 valence electrons. The van der Waals surface area contributed by atoms with Crippen LogP contribution in [0.4, 0.5) is 17.1 Å². The molecule has 1 aliphatic heterocycles. The maximum Gasteiger partial charge on any atom is 0.339 e. The van der Waals surface area contributed by atoms with E-state index in [1.54, 1.807) is 49.5 Å². The fourth-order valence-corrected chi connectivity index (χ4v) is 2.94. The van der Waals surface area contributed by atoms with Crippen LogP contribution >= 0.6 is 11.6 Å². The van der Waals surface area contributed by atoms with Gasteiger partial charge in [0.2, 0.25) is 11.8 Å². The molecule has 0 N–H and O–H groups in total. The largest absolute Gasteiger partial charge is 0.465 e. The molecule has 1 heterocycles. The second kappa shape index (κ2) is 6.57. The zero-order valence-corrected chi connectivity index (χ0v) is 14.4. The van der Waals surface area contributed by atoms with Crippen LogP contribution in [0.15, 0.2) is 42.5 Å². The van der Waals surface area contributed by atoms with Gasteiger partial charge in [-0.3, -0.25) is 14.5 Å². The summed E-state index contributed by atoms with van der Waals surface area (Å²) in [4.78, 5) is 39.9. The lowest BCUT2D eigenvalue weighted by molar-refractivity contribution is -0.125. The summed E-state index contributed by atoms with van der Waals surface area (Å²) in [7, 11) is 2.86. The van der Waals surface area contributed by atoms with E-state index in [0.717, 1.165) is 0 Å². The minimum Gasteiger partial charge on any atom is -0.465 e. The summed E-state index contributed by atoms with van der Waals surface area (Å²) in [6, 6.07) is 11.5. The van der Waals surface area contributed by atoms with Gasteiger partial charge in [0, 0.05) is 12.1 Å². The summed E-state index contributed by atoms with van der Waals surface area (Å²) in [5, 5.41) is 0.412. The molecule has 2 aromatic rings. The van der Waals surface area contributed by atoms with Crippen LogP contribution < -0.4 is 9.80 Å². The topological polar surface area (TPSA) is 66.9 Å². The van der Waals surface area contributed by atoms with E-state index in [0.29, 0.717) is 22.1 Å². The first-order chi connectivity index (χ1) is 11.9. The highest BCUT2D eigenvalue weighted by Crippen LogP contribution is 2.40. The van der Waals surface area contributed by atoms with Crippen LogP contribution in [0.2, 0.25) is 5.02 Å². The Bertz CT molecular complexity index is 881. The number of methoxy groups -OCH3 is 1. The lowest BCUT2D eigenvalue weighted by atomic mass is 10.1. The molecule has 1 aliphatic rings. The highest BCUT2D eigenvalue weighted by Gasteiger charge is 2.32. The maximum absolute atomic E-state index is 12.8. The summed E-state index contributed by atoms with van der Waals surface area (Å²) in [5.41, 5.74) is 1.52. The van der Waals surface area contributed by atoms with Crippen LogP contribution in [0, 0.1) is 0 Å². The van der Waals surface area contributed by atoms with Gasteiger partial charge < -0.3 is 9.64 Å². The molecule has 2 amide bonds. The molecule has 6 nitrogen and oxygen atoms in total. The van der Waals surface area contributed by atoms with Gasteiger partial charge in [0.15, 0.2) is 0 Å². The molecule has 0 aliphatic carbocycles. The quantitative estimate of drug-likeness (QED) is 0.611. The molecule has 0 saturated carbocycles. The van der Waals surface area contributed by atoms with Crippen LogP contribution in [0.1, 0.15) is 16.8 Å². The molecule has 25 heavy (non-hydrogen) atoms. The number of nitrogens with zero attached hydrogens (tertiary/aromatic N) is 2. The smallest absolute Gasteiger partial charge is 0.339 e. The van der Waals surface area contributed by atoms with E-state index in [4.69, 9.17) is 16.3 Å². The first-order valence-corrected chi connectivity index (χ1v) is 7.88. The summed E-state index contributed by atoms with van der Waals surface area (Å²) in [5.74, 6) is -1.36. The Morgan fingerprint density at radius 2 is 1.76 bits per heavy atom. The van der Waals surface area contributed by atoms with Gasteiger partial charge >= 0.3 is 5.97 Å². The number of rotatable bonds is 2. The molecule has 2 aromatic carbocycles. The van der Waals surface area contributed by atoms with E-state index in [9.17, 15) is 14.4 Å². The molecule has 0 fully saturated rings. The molecule has 3 rings (SSSR count).